The summed E-state index contributed by atoms with van der Waals surface area (Å²) in [5.74, 6) is 0.987. The molecule has 0 spiro atoms. The third-order valence-electron chi connectivity index (χ3n) is 3.61. The van der Waals surface area contributed by atoms with E-state index >= 15 is 0 Å². The molecule has 1 nitrogen and oxygen atoms in total. The number of aryl methyl sites for hydroxylation is 1. The van der Waals surface area contributed by atoms with Gasteiger partial charge in [0.2, 0.25) is 0 Å². The van der Waals surface area contributed by atoms with Gasteiger partial charge >= 0.3 is 0 Å². The van der Waals surface area contributed by atoms with E-state index in [-0.39, 0.29) is 5.38 Å². The molecule has 0 aromatic heterocycles. The van der Waals surface area contributed by atoms with Crippen molar-refractivity contribution in [3.63, 3.8) is 0 Å². The highest BCUT2D eigenvalue weighted by Crippen LogP contribution is 2.40. The largest absolute Gasteiger partial charge is 0.493 e. The molecule has 0 fully saturated rings. The van der Waals surface area contributed by atoms with Gasteiger partial charge in [-0.05, 0) is 36.6 Å². The van der Waals surface area contributed by atoms with E-state index < -0.39 is 0 Å². The molecule has 1 heterocycles. The Morgan fingerprint density at radius 1 is 1.30 bits per heavy atom. The minimum absolute atomic E-state index is 0.0684. The molecule has 0 aliphatic carbocycles. The van der Waals surface area contributed by atoms with Crippen LogP contribution in [-0.2, 0) is 12.8 Å². The molecule has 104 valence electrons. The predicted molar refractivity (Wildman–Crippen MR) is 86.8 cm³/mol. The summed E-state index contributed by atoms with van der Waals surface area (Å²) >= 11 is 10.2. The van der Waals surface area contributed by atoms with Crippen LogP contribution in [0.3, 0.4) is 0 Å². The van der Waals surface area contributed by atoms with Crippen LogP contribution >= 0.6 is 27.5 Å². The van der Waals surface area contributed by atoms with E-state index in [0.717, 1.165) is 35.2 Å². The Hall–Kier alpha value is -0.990. The van der Waals surface area contributed by atoms with Crippen molar-refractivity contribution in [2.24, 2.45) is 0 Å². The first kappa shape index (κ1) is 14.0. The number of hydrogen-bond donors (Lipinski definition) is 0. The Balaban J connectivity index is 1.89. The second kappa shape index (κ2) is 5.79. The van der Waals surface area contributed by atoms with Crippen molar-refractivity contribution < 1.29 is 4.74 Å². The zero-order chi connectivity index (χ0) is 14.1. The van der Waals surface area contributed by atoms with E-state index in [1.807, 2.05) is 0 Å². The van der Waals surface area contributed by atoms with E-state index in [9.17, 15) is 0 Å². The van der Waals surface area contributed by atoms with Crippen LogP contribution in [0.5, 0.6) is 5.75 Å². The molecule has 0 bridgehead atoms. The van der Waals surface area contributed by atoms with E-state index in [1.54, 1.807) is 0 Å². The Morgan fingerprint density at radius 3 is 2.95 bits per heavy atom. The molecule has 0 radical (unpaired) electrons. The van der Waals surface area contributed by atoms with Crippen molar-refractivity contribution in [3.05, 3.63) is 63.1 Å². The van der Waals surface area contributed by atoms with Crippen LogP contribution < -0.4 is 4.74 Å². The van der Waals surface area contributed by atoms with Gasteiger partial charge in [-0.15, -0.1) is 11.6 Å². The average molecular weight is 352 g/mol. The standard InChI is InChI=1S/C17H16BrClO/c1-11-3-2-4-12(7-11)8-16(19)15-10-14(18)9-13-5-6-20-17(13)15/h2-4,7,9-10,16H,5-6,8H2,1H3. The lowest BCUT2D eigenvalue weighted by Crippen LogP contribution is -1.99. The monoisotopic (exact) mass is 350 g/mol. The Morgan fingerprint density at radius 2 is 2.15 bits per heavy atom. The third-order valence-corrected chi connectivity index (χ3v) is 4.46. The van der Waals surface area contributed by atoms with E-state index in [1.165, 1.54) is 16.7 Å². The molecule has 3 rings (SSSR count). The lowest BCUT2D eigenvalue weighted by Gasteiger charge is -2.15. The van der Waals surface area contributed by atoms with Gasteiger partial charge in [-0.2, -0.15) is 0 Å². The highest BCUT2D eigenvalue weighted by molar-refractivity contribution is 9.10. The fraction of sp³-hybridized carbons (Fsp3) is 0.294. The highest BCUT2D eigenvalue weighted by Gasteiger charge is 2.22. The number of alkyl halides is 1. The molecule has 1 atom stereocenters. The van der Waals surface area contributed by atoms with Gasteiger partial charge in [-0.3, -0.25) is 0 Å². The number of benzene rings is 2. The van der Waals surface area contributed by atoms with Crippen molar-refractivity contribution in [2.45, 2.75) is 25.1 Å². The molecule has 2 aromatic carbocycles. The van der Waals surface area contributed by atoms with Crippen LogP contribution in [0.4, 0.5) is 0 Å². The normalized spacial score (nSPS) is 14.8. The number of rotatable bonds is 3. The summed E-state index contributed by atoms with van der Waals surface area (Å²) in [5.41, 5.74) is 4.87. The molecule has 1 aliphatic rings. The summed E-state index contributed by atoms with van der Waals surface area (Å²) in [6.45, 7) is 2.86. The van der Waals surface area contributed by atoms with Crippen LogP contribution in [0.25, 0.3) is 0 Å². The second-order valence-electron chi connectivity index (χ2n) is 5.24. The summed E-state index contributed by atoms with van der Waals surface area (Å²) in [7, 11) is 0. The molecule has 1 aliphatic heterocycles. The smallest absolute Gasteiger partial charge is 0.127 e. The van der Waals surface area contributed by atoms with Crippen molar-refractivity contribution in [2.75, 3.05) is 6.61 Å². The summed E-state index contributed by atoms with van der Waals surface area (Å²) in [6.07, 6.45) is 1.78. The first-order valence-corrected chi connectivity index (χ1v) is 8.01. The summed E-state index contributed by atoms with van der Waals surface area (Å²) in [5, 5.41) is -0.0684. The summed E-state index contributed by atoms with van der Waals surface area (Å²) in [4.78, 5) is 0. The quantitative estimate of drug-likeness (QED) is 0.689. The van der Waals surface area contributed by atoms with Crippen LogP contribution in [0.1, 0.15) is 27.6 Å². The molecule has 0 N–H and O–H groups in total. The molecular formula is C17H16BrClO. The number of hydrogen-bond acceptors (Lipinski definition) is 1. The van der Waals surface area contributed by atoms with E-state index in [0.29, 0.717) is 0 Å². The van der Waals surface area contributed by atoms with Crippen LogP contribution in [0, 0.1) is 6.92 Å². The zero-order valence-electron chi connectivity index (χ0n) is 11.3. The molecule has 0 saturated heterocycles. The summed E-state index contributed by atoms with van der Waals surface area (Å²) < 4.78 is 6.84. The minimum Gasteiger partial charge on any atom is -0.493 e. The van der Waals surface area contributed by atoms with Crippen molar-refractivity contribution in [3.8, 4) is 5.75 Å². The molecule has 20 heavy (non-hydrogen) atoms. The average Bonchev–Trinajstić information content (AvgIpc) is 2.85. The van der Waals surface area contributed by atoms with Crippen molar-refractivity contribution in [1.82, 2.24) is 0 Å². The predicted octanol–water partition coefficient (Wildman–Crippen LogP) is 5.22. The van der Waals surface area contributed by atoms with Gasteiger partial charge in [0.15, 0.2) is 0 Å². The fourth-order valence-corrected chi connectivity index (χ4v) is 3.55. The maximum atomic E-state index is 6.65. The van der Waals surface area contributed by atoms with Gasteiger partial charge in [0.1, 0.15) is 5.75 Å². The minimum atomic E-state index is -0.0684. The second-order valence-corrected chi connectivity index (χ2v) is 6.68. The van der Waals surface area contributed by atoms with Gasteiger partial charge in [0.05, 0.1) is 12.0 Å². The third kappa shape index (κ3) is 2.87. The molecule has 2 aromatic rings. The molecule has 1 unspecified atom stereocenters. The van der Waals surface area contributed by atoms with Gasteiger partial charge < -0.3 is 4.74 Å². The maximum Gasteiger partial charge on any atom is 0.127 e. The lowest BCUT2D eigenvalue weighted by atomic mass is 10.00. The number of halogens is 2. The fourth-order valence-electron chi connectivity index (χ4n) is 2.69. The van der Waals surface area contributed by atoms with Crippen molar-refractivity contribution in [1.29, 1.82) is 0 Å². The highest BCUT2D eigenvalue weighted by atomic mass is 79.9. The SMILES string of the molecule is Cc1cccc(CC(Cl)c2cc(Br)cc3c2OCC3)c1. The van der Waals surface area contributed by atoms with Gasteiger partial charge in [0.25, 0.3) is 0 Å². The topological polar surface area (TPSA) is 9.23 Å². The molecule has 0 saturated carbocycles. The zero-order valence-corrected chi connectivity index (χ0v) is 13.7. The molecular weight excluding hydrogens is 336 g/mol. The Kier molecular flexibility index (Phi) is 4.04. The van der Waals surface area contributed by atoms with Crippen LogP contribution in [0.2, 0.25) is 0 Å². The van der Waals surface area contributed by atoms with Crippen LogP contribution in [0.15, 0.2) is 40.9 Å². The summed E-state index contributed by atoms with van der Waals surface area (Å²) in [6, 6.07) is 12.7. The first-order valence-electron chi connectivity index (χ1n) is 6.78. The van der Waals surface area contributed by atoms with Gasteiger partial charge in [-0.1, -0.05) is 45.8 Å². The van der Waals surface area contributed by atoms with Crippen LogP contribution in [-0.4, -0.2) is 6.61 Å². The Bertz CT molecular complexity index is 639. The Labute approximate surface area is 133 Å². The lowest BCUT2D eigenvalue weighted by molar-refractivity contribution is 0.353. The molecule has 3 heteroatoms. The number of fused-ring (bicyclic) bond motifs is 1. The van der Waals surface area contributed by atoms with Gasteiger partial charge in [-0.25, -0.2) is 0 Å². The molecule has 0 amide bonds. The van der Waals surface area contributed by atoms with Crippen molar-refractivity contribution >= 4 is 27.5 Å². The van der Waals surface area contributed by atoms with Gasteiger partial charge in [0, 0.05) is 16.5 Å². The first-order chi connectivity index (χ1) is 9.63. The number of ether oxygens (including phenoxy) is 1. The van der Waals surface area contributed by atoms with E-state index in [4.69, 9.17) is 16.3 Å². The maximum absolute atomic E-state index is 6.65. The van der Waals surface area contributed by atoms with E-state index in [2.05, 4.69) is 59.3 Å².